The second-order valence-corrected chi connectivity index (χ2v) is 12.0. The Balaban J connectivity index is 1.88. The zero-order valence-corrected chi connectivity index (χ0v) is 26.9. The number of ether oxygens (including phenoxy) is 1. The predicted molar refractivity (Wildman–Crippen MR) is 172 cm³/mol. The summed E-state index contributed by atoms with van der Waals surface area (Å²) in [5.41, 5.74) is 10.1. The van der Waals surface area contributed by atoms with Crippen LogP contribution in [0.2, 0.25) is 0 Å². The first-order valence-corrected chi connectivity index (χ1v) is 15.5. The number of hydrogen-bond acceptors (Lipinski definition) is 5. The molecule has 3 aromatic carbocycles. The summed E-state index contributed by atoms with van der Waals surface area (Å²) < 4.78 is 33.9. The molecule has 44 heavy (non-hydrogen) atoms. The van der Waals surface area contributed by atoms with Gasteiger partial charge in [0.15, 0.2) is 0 Å². The molecule has 0 heterocycles. The summed E-state index contributed by atoms with van der Waals surface area (Å²) in [5, 5.41) is 3.49. The number of carbonyl (C=O) groups excluding carboxylic acids is 2. The first-order chi connectivity index (χ1) is 20.9. The minimum atomic E-state index is -0.848. The van der Waals surface area contributed by atoms with Crippen molar-refractivity contribution >= 4 is 11.9 Å². The molecule has 0 bridgehead atoms. The number of esters is 1. The van der Waals surface area contributed by atoms with E-state index in [1.807, 2.05) is 46.8 Å². The summed E-state index contributed by atoms with van der Waals surface area (Å²) in [6.45, 7) is 13.5. The van der Waals surface area contributed by atoms with E-state index >= 15 is 0 Å². The lowest BCUT2D eigenvalue weighted by Crippen LogP contribution is -2.50. The van der Waals surface area contributed by atoms with Gasteiger partial charge in [-0.2, -0.15) is 0 Å². The van der Waals surface area contributed by atoms with Crippen LogP contribution in [0.1, 0.15) is 90.4 Å². The first-order valence-electron chi connectivity index (χ1n) is 15.5. The molecule has 3 rings (SSSR count). The molecule has 0 aliphatic rings. The van der Waals surface area contributed by atoms with Crippen molar-refractivity contribution in [3.8, 4) is 0 Å². The van der Waals surface area contributed by atoms with Gasteiger partial charge in [0, 0.05) is 42.8 Å². The van der Waals surface area contributed by atoms with Crippen molar-refractivity contribution in [2.24, 2.45) is 5.73 Å². The zero-order chi connectivity index (χ0) is 32.4. The number of halogens is 2. The van der Waals surface area contributed by atoms with Crippen LogP contribution in [0.4, 0.5) is 8.78 Å². The van der Waals surface area contributed by atoms with Crippen LogP contribution < -0.4 is 11.1 Å². The fraction of sp³-hybridized carbons (Fsp3) is 0.444. The lowest BCUT2D eigenvalue weighted by atomic mass is 9.91. The number of nitrogens with zero attached hydrogens (tertiary/aromatic N) is 1. The van der Waals surface area contributed by atoms with Gasteiger partial charge in [0.2, 0.25) is 0 Å². The summed E-state index contributed by atoms with van der Waals surface area (Å²) in [5.74, 6) is -2.16. The van der Waals surface area contributed by atoms with Crippen molar-refractivity contribution in [2.75, 3.05) is 19.6 Å². The van der Waals surface area contributed by atoms with Gasteiger partial charge in [-0.1, -0.05) is 45.0 Å². The van der Waals surface area contributed by atoms with Gasteiger partial charge in [-0.15, -0.1) is 0 Å². The molecule has 0 radical (unpaired) electrons. The van der Waals surface area contributed by atoms with Crippen molar-refractivity contribution in [3.05, 3.63) is 106 Å². The van der Waals surface area contributed by atoms with Gasteiger partial charge in [-0.25, -0.2) is 13.6 Å². The average molecular weight is 608 g/mol. The molecule has 238 valence electrons. The Morgan fingerprint density at radius 1 is 0.909 bits per heavy atom. The van der Waals surface area contributed by atoms with Crippen LogP contribution in [0.25, 0.3) is 0 Å². The second-order valence-electron chi connectivity index (χ2n) is 12.0. The smallest absolute Gasteiger partial charge is 0.338 e. The third-order valence-corrected chi connectivity index (χ3v) is 7.77. The van der Waals surface area contributed by atoms with Gasteiger partial charge >= 0.3 is 5.97 Å². The molecule has 0 aromatic heterocycles. The minimum absolute atomic E-state index is 0.0839. The van der Waals surface area contributed by atoms with Crippen molar-refractivity contribution in [3.63, 3.8) is 0 Å². The predicted octanol–water partition coefficient (Wildman–Crippen LogP) is 6.72. The van der Waals surface area contributed by atoms with E-state index in [2.05, 4.69) is 24.4 Å². The number of carbonyl (C=O) groups is 2. The highest BCUT2D eigenvalue weighted by atomic mass is 19.1. The number of rotatable bonds is 15. The quantitative estimate of drug-likeness (QED) is 0.188. The maximum atomic E-state index is 13.9. The molecule has 0 unspecified atom stereocenters. The second kappa shape index (κ2) is 15.9. The Morgan fingerprint density at radius 3 is 2.16 bits per heavy atom. The van der Waals surface area contributed by atoms with E-state index < -0.39 is 35.3 Å². The van der Waals surface area contributed by atoms with Gasteiger partial charge in [0.1, 0.15) is 17.7 Å². The molecule has 6 nitrogen and oxygen atoms in total. The van der Waals surface area contributed by atoms with E-state index in [9.17, 15) is 18.4 Å². The van der Waals surface area contributed by atoms with E-state index in [-0.39, 0.29) is 24.4 Å². The Morgan fingerprint density at radius 2 is 1.55 bits per heavy atom. The maximum absolute atomic E-state index is 13.9. The lowest BCUT2D eigenvalue weighted by molar-refractivity contribution is 0.0220. The van der Waals surface area contributed by atoms with Crippen molar-refractivity contribution < 1.29 is 23.1 Å². The highest BCUT2D eigenvalue weighted by molar-refractivity contribution is 5.98. The van der Waals surface area contributed by atoms with Crippen LogP contribution in [0.3, 0.4) is 0 Å². The molecule has 0 aliphatic carbocycles. The van der Waals surface area contributed by atoms with Crippen LogP contribution in [-0.2, 0) is 23.1 Å². The van der Waals surface area contributed by atoms with Gasteiger partial charge < -0.3 is 20.7 Å². The Bertz CT molecular complexity index is 1400. The number of nitrogens with two attached hydrogens (primary N) is 1. The van der Waals surface area contributed by atoms with Crippen LogP contribution in [-0.4, -0.2) is 48.6 Å². The standard InChI is InChI=1S/C36H47F2N3O3/c1-7-13-41(14-8-2)34(42)27-15-24(4)16-28(21-27)35(43)44-33(32(39)20-26-18-30(37)22-31(38)19-26)23-40-36(5,6)29-12-10-11-25(9-3)17-29/h10-12,15-19,21-22,32-33,40H,7-9,13-14,20,23,39H2,1-6H3/t32-,33+/m0/s1. The Labute approximate surface area is 261 Å². The molecule has 2 atom stereocenters. The van der Waals surface area contributed by atoms with E-state index in [1.165, 1.54) is 17.7 Å². The van der Waals surface area contributed by atoms with E-state index in [4.69, 9.17) is 10.5 Å². The van der Waals surface area contributed by atoms with E-state index in [0.717, 1.165) is 36.5 Å². The highest BCUT2D eigenvalue weighted by Gasteiger charge is 2.28. The number of aryl methyl sites for hydroxylation is 2. The molecule has 0 aliphatic heterocycles. The molecule has 0 spiro atoms. The van der Waals surface area contributed by atoms with Crippen LogP contribution in [0, 0.1) is 18.6 Å². The normalized spacial score (nSPS) is 12.9. The van der Waals surface area contributed by atoms with Gasteiger partial charge in [-0.05, 0) is 99.0 Å². The monoisotopic (exact) mass is 607 g/mol. The fourth-order valence-electron chi connectivity index (χ4n) is 5.32. The average Bonchev–Trinajstić information content (AvgIpc) is 2.97. The summed E-state index contributed by atoms with van der Waals surface area (Å²) in [7, 11) is 0. The number of hydrogen-bond donors (Lipinski definition) is 2. The fourth-order valence-corrected chi connectivity index (χ4v) is 5.32. The van der Waals surface area contributed by atoms with Crippen LogP contribution in [0.5, 0.6) is 0 Å². The highest BCUT2D eigenvalue weighted by Crippen LogP contribution is 2.23. The Kier molecular flexibility index (Phi) is 12.6. The van der Waals surface area contributed by atoms with Crippen molar-refractivity contribution in [1.82, 2.24) is 10.2 Å². The van der Waals surface area contributed by atoms with Gasteiger partial charge in [-0.3, -0.25) is 4.79 Å². The maximum Gasteiger partial charge on any atom is 0.338 e. The molecule has 0 saturated carbocycles. The van der Waals surface area contributed by atoms with Crippen molar-refractivity contribution in [1.29, 1.82) is 0 Å². The summed E-state index contributed by atoms with van der Waals surface area (Å²) in [6.07, 6.45) is 1.79. The summed E-state index contributed by atoms with van der Waals surface area (Å²) >= 11 is 0. The zero-order valence-electron chi connectivity index (χ0n) is 26.9. The Hall–Kier alpha value is -3.62. The molecule has 0 fully saturated rings. The molecular formula is C36H47F2N3O3. The van der Waals surface area contributed by atoms with Gasteiger partial charge in [0.25, 0.3) is 5.91 Å². The summed E-state index contributed by atoms with van der Waals surface area (Å²) in [4.78, 5) is 28.7. The third kappa shape index (κ3) is 9.69. The SMILES string of the molecule is CCCN(CCC)C(=O)c1cc(C)cc(C(=O)O[C@H](CNC(C)(C)c2cccc(CC)c2)[C@@H](N)Cc2cc(F)cc(F)c2)c1. The molecule has 8 heteroatoms. The van der Waals surface area contributed by atoms with E-state index in [0.29, 0.717) is 24.2 Å². The largest absolute Gasteiger partial charge is 0.456 e. The lowest BCUT2D eigenvalue weighted by Gasteiger charge is -2.32. The molecule has 3 N–H and O–H groups in total. The molecule has 0 saturated heterocycles. The first kappa shape index (κ1) is 34.9. The van der Waals surface area contributed by atoms with Gasteiger partial charge in [0.05, 0.1) is 5.56 Å². The number of amides is 1. The number of benzene rings is 3. The van der Waals surface area contributed by atoms with Crippen molar-refractivity contribution in [2.45, 2.75) is 84.9 Å². The molecular weight excluding hydrogens is 560 g/mol. The third-order valence-electron chi connectivity index (χ3n) is 7.77. The topological polar surface area (TPSA) is 84.7 Å². The molecule has 1 amide bonds. The number of nitrogens with one attached hydrogen (secondary N) is 1. The minimum Gasteiger partial charge on any atom is -0.456 e. The van der Waals surface area contributed by atoms with Crippen LogP contribution >= 0.6 is 0 Å². The van der Waals surface area contributed by atoms with Crippen LogP contribution in [0.15, 0.2) is 60.7 Å². The summed E-state index contributed by atoms with van der Waals surface area (Å²) in [6, 6.07) is 15.8. The molecule has 3 aromatic rings. The van der Waals surface area contributed by atoms with E-state index in [1.54, 1.807) is 23.1 Å².